The highest BCUT2D eigenvalue weighted by molar-refractivity contribution is 7.89. The Morgan fingerprint density at radius 3 is 2.58 bits per heavy atom. The zero-order chi connectivity index (χ0) is 18.6. The first-order valence-corrected chi connectivity index (χ1v) is 11.0. The summed E-state index contributed by atoms with van der Waals surface area (Å²) < 4.78 is 27.1. The molecule has 1 saturated carbocycles. The third kappa shape index (κ3) is 4.76. The van der Waals surface area contributed by atoms with E-state index < -0.39 is 10.0 Å². The molecule has 1 atom stereocenters. The maximum absolute atomic E-state index is 12.8. The number of nitrogens with two attached hydrogens (primary N) is 1. The number of hydrogen-bond acceptors (Lipinski definition) is 3. The van der Waals surface area contributed by atoms with Gasteiger partial charge in [0.25, 0.3) is 0 Å². The lowest BCUT2D eigenvalue weighted by molar-refractivity contribution is 0.281. The molecule has 7 heteroatoms. The van der Waals surface area contributed by atoms with Crippen molar-refractivity contribution in [2.75, 3.05) is 19.6 Å². The summed E-state index contributed by atoms with van der Waals surface area (Å²) in [6.07, 6.45) is 5.88. The maximum Gasteiger partial charge on any atom is 0.243 e. The van der Waals surface area contributed by atoms with E-state index in [-0.39, 0.29) is 0 Å². The zero-order valence-electron chi connectivity index (χ0n) is 15.5. The van der Waals surface area contributed by atoms with Crippen LogP contribution in [-0.4, -0.2) is 38.3 Å². The van der Waals surface area contributed by atoms with Crippen LogP contribution in [0.25, 0.3) is 0 Å². The molecule has 1 aromatic rings. The standard InChI is InChI=1S/C19H30N4O2S/c1-15-4-3-11-23(14-15)26(24,25)18-9-7-17(8-10-18)13-22-19(20)21-12-16-5-2-6-16/h7-10,15-16H,2-6,11-14H2,1H3,(H3,20,21,22). The van der Waals surface area contributed by atoms with Crippen molar-refractivity contribution < 1.29 is 8.42 Å². The Hall–Kier alpha value is -1.60. The normalized spacial score (nSPS) is 22.8. The van der Waals surface area contributed by atoms with E-state index in [2.05, 4.69) is 17.2 Å². The van der Waals surface area contributed by atoms with E-state index in [0.29, 0.717) is 36.4 Å². The lowest BCUT2D eigenvalue weighted by Crippen LogP contribution is -2.39. The summed E-state index contributed by atoms with van der Waals surface area (Å²) in [5.41, 5.74) is 6.84. The van der Waals surface area contributed by atoms with Gasteiger partial charge in [0, 0.05) is 19.6 Å². The molecular formula is C19H30N4O2S. The summed E-state index contributed by atoms with van der Waals surface area (Å²) >= 11 is 0. The number of piperidine rings is 1. The molecule has 3 rings (SSSR count). The molecule has 1 heterocycles. The van der Waals surface area contributed by atoms with E-state index in [0.717, 1.165) is 30.9 Å². The molecule has 0 bridgehead atoms. The van der Waals surface area contributed by atoms with Gasteiger partial charge in [-0.3, -0.25) is 0 Å². The van der Waals surface area contributed by atoms with Crippen LogP contribution < -0.4 is 11.1 Å². The minimum Gasteiger partial charge on any atom is -0.370 e. The third-order valence-corrected chi connectivity index (χ3v) is 7.29. The molecule has 0 aromatic heterocycles. The van der Waals surface area contributed by atoms with Crippen LogP contribution >= 0.6 is 0 Å². The molecule has 2 fully saturated rings. The summed E-state index contributed by atoms with van der Waals surface area (Å²) in [5, 5.41) is 3.16. The minimum atomic E-state index is -3.40. The minimum absolute atomic E-state index is 0.357. The Labute approximate surface area is 156 Å². The Morgan fingerprint density at radius 2 is 1.96 bits per heavy atom. The monoisotopic (exact) mass is 378 g/mol. The van der Waals surface area contributed by atoms with Crippen LogP contribution in [0.1, 0.15) is 44.6 Å². The number of nitrogens with zero attached hydrogens (tertiary/aromatic N) is 2. The van der Waals surface area contributed by atoms with E-state index in [1.165, 1.54) is 19.3 Å². The molecule has 1 unspecified atom stereocenters. The maximum atomic E-state index is 12.8. The lowest BCUT2D eigenvalue weighted by atomic mass is 9.85. The summed E-state index contributed by atoms with van der Waals surface area (Å²) in [6, 6.07) is 7.00. The second-order valence-electron chi connectivity index (χ2n) is 7.63. The number of benzene rings is 1. The summed E-state index contributed by atoms with van der Waals surface area (Å²) in [7, 11) is -3.40. The fourth-order valence-electron chi connectivity index (χ4n) is 3.46. The van der Waals surface area contributed by atoms with Gasteiger partial charge in [0.2, 0.25) is 10.0 Å². The van der Waals surface area contributed by atoms with Crippen molar-refractivity contribution >= 4 is 16.0 Å². The number of rotatable bonds is 6. The third-order valence-electron chi connectivity index (χ3n) is 5.41. The smallest absolute Gasteiger partial charge is 0.243 e. The number of nitrogens with one attached hydrogen (secondary N) is 1. The SMILES string of the molecule is CC1CCCN(S(=O)(=O)c2ccc(CN=C(N)NCC3CCC3)cc2)C1. The van der Waals surface area contributed by atoms with E-state index in [9.17, 15) is 8.42 Å². The van der Waals surface area contributed by atoms with Gasteiger partial charge in [-0.2, -0.15) is 4.31 Å². The van der Waals surface area contributed by atoms with Crippen molar-refractivity contribution in [1.29, 1.82) is 0 Å². The molecule has 1 aromatic carbocycles. The van der Waals surface area contributed by atoms with Crippen LogP contribution in [0.4, 0.5) is 0 Å². The molecule has 1 aliphatic carbocycles. The van der Waals surface area contributed by atoms with Crippen LogP contribution in [-0.2, 0) is 16.6 Å². The highest BCUT2D eigenvalue weighted by Crippen LogP contribution is 2.25. The van der Waals surface area contributed by atoms with Gasteiger partial charge >= 0.3 is 0 Å². The van der Waals surface area contributed by atoms with Crippen LogP contribution in [0.2, 0.25) is 0 Å². The molecule has 1 aliphatic heterocycles. The zero-order valence-corrected chi connectivity index (χ0v) is 16.3. The fraction of sp³-hybridized carbons (Fsp3) is 0.632. The predicted molar refractivity (Wildman–Crippen MR) is 104 cm³/mol. The highest BCUT2D eigenvalue weighted by atomic mass is 32.2. The first kappa shape index (κ1) is 19.2. The summed E-state index contributed by atoms with van der Waals surface area (Å²) in [4.78, 5) is 4.70. The molecule has 0 radical (unpaired) electrons. The van der Waals surface area contributed by atoms with Crippen molar-refractivity contribution in [1.82, 2.24) is 9.62 Å². The molecule has 0 amide bonds. The quantitative estimate of drug-likeness (QED) is 0.587. The molecule has 0 spiro atoms. The first-order valence-electron chi connectivity index (χ1n) is 9.58. The van der Waals surface area contributed by atoms with Gasteiger partial charge in [0.05, 0.1) is 11.4 Å². The molecule has 3 N–H and O–H groups in total. The van der Waals surface area contributed by atoms with Crippen LogP contribution in [0.15, 0.2) is 34.2 Å². The molecule has 1 saturated heterocycles. The van der Waals surface area contributed by atoms with Crippen molar-refractivity contribution in [3.8, 4) is 0 Å². The Kier molecular flexibility index (Phi) is 6.19. The average Bonchev–Trinajstić information content (AvgIpc) is 2.59. The Morgan fingerprint density at radius 1 is 1.23 bits per heavy atom. The van der Waals surface area contributed by atoms with Crippen LogP contribution in [0.5, 0.6) is 0 Å². The largest absolute Gasteiger partial charge is 0.370 e. The van der Waals surface area contributed by atoms with Crippen molar-refractivity contribution in [2.24, 2.45) is 22.6 Å². The van der Waals surface area contributed by atoms with E-state index >= 15 is 0 Å². The average molecular weight is 379 g/mol. The van der Waals surface area contributed by atoms with Gasteiger partial charge in [0.15, 0.2) is 5.96 Å². The Balaban J connectivity index is 1.57. The molecule has 2 aliphatic rings. The van der Waals surface area contributed by atoms with E-state index in [1.54, 1.807) is 16.4 Å². The molecule has 144 valence electrons. The van der Waals surface area contributed by atoms with Crippen molar-refractivity contribution in [2.45, 2.75) is 50.5 Å². The van der Waals surface area contributed by atoms with Gasteiger partial charge in [0.1, 0.15) is 0 Å². The first-order chi connectivity index (χ1) is 12.4. The van der Waals surface area contributed by atoms with Crippen LogP contribution in [0.3, 0.4) is 0 Å². The molecule has 6 nitrogen and oxygen atoms in total. The second kappa shape index (κ2) is 8.39. The van der Waals surface area contributed by atoms with E-state index in [1.807, 2.05) is 12.1 Å². The molecule has 26 heavy (non-hydrogen) atoms. The lowest BCUT2D eigenvalue weighted by Gasteiger charge is -2.30. The second-order valence-corrected chi connectivity index (χ2v) is 9.57. The number of guanidine groups is 1. The predicted octanol–water partition coefficient (Wildman–Crippen LogP) is 2.31. The van der Waals surface area contributed by atoms with Crippen molar-refractivity contribution in [3.63, 3.8) is 0 Å². The van der Waals surface area contributed by atoms with Gasteiger partial charge in [-0.15, -0.1) is 0 Å². The van der Waals surface area contributed by atoms with Gasteiger partial charge in [-0.05, 0) is 55.2 Å². The van der Waals surface area contributed by atoms with E-state index in [4.69, 9.17) is 5.73 Å². The van der Waals surface area contributed by atoms with Gasteiger partial charge in [-0.1, -0.05) is 25.5 Å². The fourth-order valence-corrected chi connectivity index (χ4v) is 5.06. The topological polar surface area (TPSA) is 87.8 Å². The van der Waals surface area contributed by atoms with Crippen LogP contribution in [0, 0.1) is 11.8 Å². The number of aliphatic imine (C=N–C) groups is 1. The summed E-state index contributed by atoms with van der Waals surface area (Å²) in [5.74, 6) is 1.60. The number of hydrogen-bond donors (Lipinski definition) is 2. The highest BCUT2D eigenvalue weighted by Gasteiger charge is 2.28. The van der Waals surface area contributed by atoms with Gasteiger partial charge in [-0.25, -0.2) is 13.4 Å². The Bertz CT molecular complexity index is 726. The van der Waals surface area contributed by atoms with Gasteiger partial charge < -0.3 is 11.1 Å². The number of sulfonamides is 1. The molecular weight excluding hydrogens is 348 g/mol. The summed E-state index contributed by atoms with van der Waals surface area (Å²) in [6.45, 7) is 4.66. The van der Waals surface area contributed by atoms with Crippen molar-refractivity contribution in [3.05, 3.63) is 29.8 Å².